The second-order valence-electron chi connectivity index (χ2n) is 4.62. The van der Waals surface area contributed by atoms with Crippen molar-refractivity contribution in [3.8, 4) is 0 Å². The van der Waals surface area contributed by atoms with E-state index in [1.807, 2.05) is 6.92 Å². The number of aromatic carboxylic acids is 1. The molecule has 3 rings (SSSR count). The number of halogens is 1. The fourth-order valence-electron chi connectivity index (χ4n) is 2.48. The molecule has 6 heteroatoms. The van der Waals surface area contributed by atoms with Crippen LogP contribution in [0.3, 0.4) is 0 Å². The van der Waals surface area contributed by atoms with Gasteiger partial charge in [-0.3, -0.25) is 9.78 Å². The second kappa shape index (κ2) is 4.66. The lowest BCUT2D eigenvalue weighted by atomic mass is 10.1. The van der Waals surface area contributed by atoms with E-state index in [4.69, 9.17) is 5.11 Å². The summed E-state index contributed by atoms with van der Waals surface area (Å²) >= 11 is 0. The summed E-state index contributed by atoms with van der Waals surface area (Å²) in [6.45, 7) is 2.25. The van der Waals surface area contributed by atoms with Gasteiger partial charge in [-0.25, -0.2) is 9.18 Å². The van der Waals surface area contributed by atoms with E-state index in [1.54, 1.807) is 16.7 Å². The maximum Gasteiger partial charge on any atom is 0.341 e. The van der Waals surface area contributed by atoms with Gasteiger partial charge >= 0.3 is 5.97 Å². The minimum absolute atomic E-state index is 0.0282. The van der Waals surface area contributed by atoms with Crippen LogP contribution in [0.2, 0.25) is 0 Å². The minimum atomic E-state index is -1.33. The summed E-state index contributed by atoms with van der Waals surface area (Å²) in [7, 11) is 0. The van der Waals surface area contributed by atoms with Gasteiger partial charge in [0.05, 0.1) is 16.4 Å². The van der Waals surface area contributed by atoms with E-state index in [0.717, 1.165) is 6.07 Å². The number of nitrogens with zero attached hydrogens (tertiary/aromatic N) is 2. The average Bonchev–Trinajstić information content (AvgIpc) is 2.48. The molecule has 0 aliphatic carbocycles. The van der Waals surface area contributed by atoms with Crippen molar-refractivity contribution in [3.05, 3.63) is 52.2 Å². The number of benzene rings is 1. The number of rotatable bonds is 2. The van der Waals surface area contributed by atoms with Crippen molar-refractivity contribution < 1.29 is 14.3 Å². The van der Waals surface area contributed by atoms with E-state index < -0.39 is 17.2 Å². The Kier molecular flexibility index (Phi) is 2.94. The van der Waals surface area contributed by atoms with Crippen LogP contribution in [-0.4, -0.2) is 20.6 Å². The number of carboxylic acid groups (broad SMARTS) is 1. The lowest BCUT2D eigenvalue weighted by molar-refractivity contribution is 0.0695. The molecule has 21 heavy (non-hydrogen) atoms. The number of aromatic nitrogens is 2. The van der Waals surface area contributed by atoms with E-state index in [0.29, 0.717) is 23.0 Å². The first-order valence-electron chi connectivity index (χ1n) is 6.38. The molecule has 0 aliphatic heterocycles. The summed E-state index contributed by atoms with van der Waals surface area (Å²) < 4.78 is 15.7. The molecular formula is C15H11FN2O3. The number of carbonyl (C=O) groups is 1. The standard InChI is InChI=1S/C15H11FN2O3/c1-2-18-7-10(15(20)21)14(19)9-6-11(16)8-4-3-5-17-12(8)13(9)18/h3-7H,2H2,1H3,(H,20,21). The Hall–Kier alpha value is -2.76. The van der Waals surface area contributed by atoms with Crippen LogP contribution in [0.1, 0.15) is 17.3 Å². The Balaban J connectivity index is 2.64. The lowest BCUT2D eigenvalue weighted by Crippen LogP contribution is -2.19. The molecule has 0 fully saturated rings. The van der Waals surface area contributed by atoms with Gasteiger partial charge < -0.3 is 9.67 Å². The third kappa shape index (κ3) is 1.87. The van der Waals surface area contributed by atoms with Crippen LogP contribution in [0.15, 0.2) is 35.4 Å². The van der Waals surface area contributed by atoms with Crippen LogP contribution in [0, 0.1) is 5.82 Å². The number of hydrogen-bond acceptors (Lipinski definition) is 3. The first-order valence-corrected chi connectivity index (χ1v) is 6.38. The maximum atomic E-state index is 14.1. The molecule has 2 heterocycles. The molecule has 0 bridgehead atoms. The van der Waals surface area contributed by atoms with E-state index >= 15 is 0 Å². The minimum Gasteiger partial charge on any atom is -0.477 e. The van der Waals surface area contributed by atoms with E-state index in [-0.39, 0.29) is 10.9 Å². The van der Waals surface area contributed by atoms with Crippen LogP contribution in [0.25, 0.3) is 21.8 Å². The predicted molar refractivity (Wildman–Crippen MR) is 76.1 cm³/mol. The zero-order valence-corrected chi connectivity index (χ0v) is 11.1. The number of hydrogen-bond donors (Lipinski definition) is 1. The fraction of sp³-hybridized carbons (Fsp3) is 0.133. The molecule has 0 saturated carbocycles. The molecule has 0 atom stereocenters. The number of aryl methyl sites for hydroxylation is 1. The summed E-state index contributed by atoms with van der Waals surface area (Å²) in [6, 6.07) is 4.27. The molecule has 3 aromatic rings. The average molecular weight is 286 g/mol. The summed E-state index contributed by atoms with van der Waals surface area (Å²) in [4.78, 5) is 27.6. The van der Waals surface area contributed by atoms with Crippen molar-refractivity contribution in [1.29, 1.82) is 0 Å². The zero-order valence-electron chi connectivity index (χ0n) is 11.1. The van der Waals surface area contributed by atoms with Crippen molar-refractivity contribution in [1.82, 2.24) is 9.55 Å². The Bertz CT molecular complexity index is 947. The Morgan fingerprint density at radius 3 is 2.86 bits per heavy atom. The van der Waals surface area contributed by atoms with Gasteiger partial charge in [0, 0.05) is 24.3 Å². The molecule has 0 saturated heterocycles. The SMILES string of the molecule is CCn1cc(C(=O)O)c(=O)c2cc(F)c3cccnc3c21. The zero-order chi connectivity index (χ0) is 15.1. The highest BCUT2D eigenvalue weighted by Crippen LogP contribution is 2.25. The molecule has 1 aromatic carbocycles. The smallest absolute Gasteiger partial charge is 0.341 e. The second-order valence-corrected chi connectivity index (χ2v) is 4.62. The largest absolute Gasteiger partial charge is 0.477 e. The van der Waals surface area contributed by atoms with Crippen molar-refractivity contribution in [3.63, 3.8) is 0 Å². The summed E-state index contributed by atoms with van der Waals surface area (Å²) in [5.74, 6) is -1.92. The topological polar surface area (TPSA) is 72.2 Å². The van der Waals surface area contributed by atoms with Crippen LogP contribution in [-0.2, 0) is 6.54 Å². The van der Waals surface area contributed by atoms with Gasteiger partial charge in [0.25, 0.3) is 0 Å². The van der Waals surface area contributed by atoms with Gasteiger partial charge in [0.15, 0.2) is 0 Å². The first-order chi connectivity index (χ1) is 10.0. The van der Waals surface area contributed by atoms with Crippen molar-refractivity contribution >= 4 is 27.8 Å². The van der Waals surface area contributed by atoms with Gasteiger partial charge in [-0.1, -0.05) is 0 Å². The van der Waals surface area contributed by atoms with Crippen molar-refractivity contribution in [2.24, 2.45) is 0 Å². The van der Waals surface area contributed by atoms with Gasteiger partial charge in [0.2, 0.25) is 5.43 Å². The predicted octanol–water partition coefficient (Wildman–Crippen LogP) is 2.41. The van der Waals surface area contributed by atoms with Crippen LogP contribution in [0.5, 0.6) is 0 Å². The van der Waals surface area contributed by atoms with Crippen molar-refractivity contribution in [2.75, 3.05) is 0 Å². The van der Waals surface area contributed by atoms with Gasteiger partial charge in [-0.15, -0.1) is 0 Å². The van der Waals surface area contributed by atoms with Crippen molar-refractivity contribution in [2.45, 2.75) is 13.5 Å². The van der Waals surface area contributed by atoms with Crippen LogP contribution >= 0.6 is 0 Å². The Morgan fingerprint density at radius 2 is 2.19 bits per heavy atom. The molecule has 1 N–H and O–H groups in total. The Morgan fingerprint density at radius 1 is 1.43 bits per heavy atom. The summed E-state index contributed by atoms with van der Waals surface area (Å²) in [5, 5.41) is 9.43. The number of fused-ring (bicyclic) bond motifs is 3. The van der Waals surface area contributed by atoms with E-state index in [2.05, 4.69) is 4.98 Å². The van der Waals surface area contributed by atoms with Gasteiger partial charge in [-0.05, 0) is 25.1 Å². The third-order valence-corrected chi connectivity index (χ3v) is 3.45. The highest BCUT2D eigenvalue weighted by molar-refractivity contribution is 6.05. The lowest BCUT2D eigenvalue weighted by Gasteiger charge is -2.12. The van der Waals surface area contributed by atoms with Crippen LogP contribution in [0.4, 0.5) is 4.39 Å². The van der Waals surface area contributed by atoms with E-state index in [1.165, 1.54) is 12.4 Å². The number of pyridine rings is 2. The molecule has 2 aromatic heterocycles. The molecule has 0 amide bonds. The number of carboxylic acids is 1. The van der Waals surface area contributed by atoms with Gasteiger partial charge in [-0.2, -0.15) is 0 Å². The first kappa shape index (κ1) is 13.2. The molecule has 0 radical (unpaired) electrons. The molecule has 106 valence electrons. The Labute approximate surface area is 118 Å². The van der Waals surface area contributed by atoms with Crippen LogP contribution < -0.4 is 5.43 Å². The molecule has 5 nitrogen and oxygen atoms in total. The summed E-state index contributed by atoms with van der Waals surface area (Å²) in [5.41, 5.74) is -0.277. The van der Waals surface area contributed by atoms with Gasteiger partial charge in [0.1, 0.15) is 11.4 Å². The quantitative estimate of drug-likeness (QED) is 0.734. The molecule has 0 spiro atoms. The highest BCUT2D eigenvalue weighted by Gasteiger charge is 2.18. The monoisotopic (exact) mass is 286 g/mol. The fourth-order valence-corrected chi connectivity index (χ4v) is 2.48. The maximum absolute atomic E-state index is 14.1. The summed E-state index contributed by atoms with van der Waals surface area (Å²) in [6.07, 6.45) is 2.79. The van der Waals surface area contributed by atoms with E-state index in [9.17, 15) is 14.0 Å². The normalized spacial score (nSPS) is 11.1. The third-order valence-electron chi connectivity index (χ3n) is 3.45. The molecular weight excluding hydrogens is 275 g/mol. The highest BCUT2D eigenvalue weighted by atomic mass is 19.1. The molecule has 0 aliphatic rings. The molecule has 0 unspecified atom stereocenters.